The van der Waals surface area contributed by atoms with Crippen molar-refractivity contribution in [2.24, 2.45) is 52.3 Å². The highest BCUT2D eigenvalue weighted by molar-refractivity contribution is 5.25. The molecular weight excluding hydrogens is 372 g/mol. The van der Waals surface area contributed by atoms with Crippen LogP contribution < -0.4 is 0 Å². The van der Waals surface area contributed by atoms with Gasteiger partial charge in [-0.2, -0.15) is 0 Å². The molecule has 0 amide bonds. The molecular formula is C31H52. The van der Waals surface area contributed by atoms with Crippen molar-refractivity contribution in [2.45, 2.75) is 119 Å². The van der Waals surface area contributed by atoms with Crippen LogP contribution in [0.15, 0.2) is 23.8 Å². The molecule has 0 saturated heterocycles. The van der Waals surface area contributed by atoms with Gasteiger partial charge in [0.1, 0.15) is 0 Å². The van der Waals surface area contributed by atoms with Crippen molar-refractivity contribution < 1.29 is 0 Å². The van der Waals surface area contributed by atoms with Crippen LogP contribution >= 0.6 is 0 Å². The first-order chi connectivity index (χ1) is 14.6. The molecule has 0 aromatic carbocycles. The van der Waals surface area contributed by atoms with Crippen molar-refractivity contribution in [1.82, 2.24) is 0 Å². The molecule has 0 bridgehead atoms. The minimum absolute atomic E-state index is 0.511. The molecule has 4 unspecified atom stereocenters. The van der Waals surface area contributed by atoms with Crippen molar-refractivity contribution in [3.05, 3.63) is 23.8 Å². The van der Waals surface area contributed by atoms with Crippen LogP contribution in [0, 0.1) is 52.3 Å². The lowest BCUT2D eigenvalue weighted by Crippen LogP contribution is -2.50. The van der Waals surface area contributed by atoms with Crippen LogP contribution in [0.3, 0.4) is 0 Å². The van der Waals surface area contributed by atoms with Gasteiger partial charge in [-0.15, -0.1) is 6.58 Å². The summed E-state index contributed by atoms with van der Waals surface area (Å²) in [6, 6.07) is 0. The SMILES string of the molecule is C=C(C)C[C@H]1CC[C@@]2(C)C(=CCC3C4CCC([C@H](C)CCCC(C)C)[C@@]4(C)CCC32)C1. The van der Waals surface area contributed by atoms with E-state index in [0.29, 0.717) is 10.8 Å². The molecule has 3 fully saturated rings. The summed E-state index contributed by atoms with van der Waals surface area (Å²) >= 11 is 0. The first-order valence-corrected chi connectivity index (χ1v) is 14.0. The standard InChI is InChI=1S/C31H52/c1-21(2)9-8-10-23(5)27-13-14-28-26-12-11-25-20-24(19-22(3)4)15-17-30(25,6)29(26)16-18-31(27,28)7/h11,21,23-24,26-29H,3,8-10,12-20H2,1-2,4-7H3/t23-,24-,26?,27?,28?,29?,30+,31-/m1/s1. The third kappa shape index (κ3) is 4.36. The molecule has 4 aliphatic rings. The highest BCUT2D eigenvalue weighted by atomic mass is 14.6. The van der Waals surface area contributed by atoms with E-state index >= 15 is 0 Å². The molecule has 8 atom stereocenters. The molecule has 4 aliphatic carbocycles. The van der Waals surface area contributed by atoms with E-state index in [4.69, 9.17) is 0 Å². The molecule has 0 heterocycles. The van der Waals surface area contributed by atoms with Crippen molar-refractivity contribution in [2.75, 3.05) is 0 Å². The maximum Gasteiger partial charge on any atom is -0.00851 e. The quantitative estimate of drug-likeness (QED) is 0.357. The van der Waals surface area contributed by atoms with Crippen molar-refractivity contribution in [3.8, 4) is 0 Å². The van der Waals surface area contributed by atoms with Gasteiger partial charge in [0.15, 0.2) is 0 Å². The second kappa shape index (κ2) is 9.02. The number of hydrogen-bond acceptors (Lipinski definition) is 0. The molecule has 0 aliphatic heterocycles. The zero-order valence-corrected chi connectivity index (χ0v) is 21.8. The minimum Gasteiger partial charge on any atom is -0.100 e. The Labute approximate surface area is 194 Å². The fourth-order valence-corrected chi connectivity index (χ4v) is 9.43. The van der Waals surface area contributed by atoms with Crippen LogP contribution in [0.5, 0.6) is 0 Å². The largest absolute Gasteiger partial charge is 0.100 e. The summed E-state index contributed by atoms with van der Waals surface area (Å²) in [4.78, 5) is 0. The van der Waals surface area contributed by atoms with Gasteiger partial charge in [-0.05, 0) is 117 Å². The van der Waals surface area contributed by atoms with E-state index in [1.165, 1.54) is 82.6 Å². The van der Waals surface area contributed by atoms with Crippen LogP contribution in [-0.4, -0.2) is 0 Å². The Morgan fingerprint density at radius 2 is 1.81 bits per heavy atom. The number of rotatable bonds is 7. The van der Waals surface area contributed by atoms with Crippen molar-refractivity contribution >= 4 is 0 Å². The van der Waals surface area contributed by atoms with Gasteiger partial charge in [0.2, 0.25) is 0 Å². The summed E-state index contributed by atoms with van der Waals surface area (Å²) in [5, 5.41) is 0. The fourth-order valence-electron chi connectivity index (χ4n) is 9.43. The van der Waals surface area contributed by atoms with Gasteiger partial charge in [-0.3, -0.25) is 0 Å². The Hall–Kier alpha value is -0.520. The van der Waals surface area contributed by atoms with Gasteiger partial charge >= 0.3 is 0 Å². The summed E-state index contributed by atoms with van der Waals surface area (Å²) in [7, 11) is 0. The minimum atomic E-state index is 0.511. The van der Waals surface area contributed by atoms with Crippen LogP contribution in [0.25, 0.3) is 0 Å². The zero-order chi connectivity index (χ0) is 22.4. The summed E-state index contributed by atoms with van der Waals surface area (Å²) in [5.74, 6) is 6.56. The second-order valence-electron chi connectivity index (χ2n) is 13.6. The molecule has 0 N–H and O–H groups in total. The summed E-state index contributed by atoms with van der Waals surface area (Å²) in [5.41, 5.74) is 4.37. The number of fused-ring (bicyclic) bond motifs is 5. The maximum absolute atomic E-state index is 4.21. The third-order valence-corrected chi connectivity index (χ3v) is 11.0. The lowest BCUT2D eigenvalue weighted by molar-refractivity contribution is -0.0527. The monoisotopic (exact) mass is 424 g/mol. The van der Waals surface area contributed by atoms with Crippen LogP contribution in [0.1, 0.15) is 119 Å². The highest BCUT2D eigenvalue weighted by Gasteiger charge is 2.59. The zero-order valence-electron chi connectivity index (χ0n) is 21.8. The summed E-state index contributed by atoms with van der Waals surface area (Å²) in [6.45, 7) is 19.2. The van der Waals surface area contributed by atoms with Crippen LogP contribution in [0.2, 0.25) is 0 Å². The molecule has 0 heteroatoms. The summed E-state index contributed by atoms with van der Waals surface area (Å²) in [6.07, 6.45) is 20.0. The predicted molar refractivity (Wildman–Crippen MR) is 136 cm³/mol. The Morgan fingerprint density at radius 3 is 2.52 bits per heavy atom. The van der Waals surface area contributed by atoms with E-state index in [1.54, 1.807) is 0 Å². The summed E-state index contributed by atoms with van der Waals surface area (Å²) < 4.78 is 0. The van der Waals surface area contributed by atoms with E-state index in [9.17, 15) is 0 Å². The Kier molecular flexibility index (Phi) is 6.88. The average molecular weight is 425 g/mol. The van der Waals surface area contributed by atoms with E-state index in [2.05, 4.69) is 54.2 Å². The van der Waals surface area contributed by atoms with E-state index in [-0.39, 0.29) is 0 Å². The molecule has 0 spiro atoms. The first kappa shape index (κ1) is 23.6. The Morgan fingerprint density at radius 1 is 1.03 bits per heavy atom. The van der Waals surface area contributed by atoms with Gasteiger partial charge in [-0.1, -0.05) is 71.1 Å². The molecule has 3 saturated carbocycles. The average Bonchev–Trinajstić information content (AvgIpc) is 3.05. The molecule has 4 rings (SSSR count). The smallest absolute Gasteiger partial charge is 0.00851 e. The molecule has 176 valence electrons. The molecule has 0 aromatic rings. The van der Waals surface area contributed by atoms with Gasteiger partial charge in [0.25, 0.3) is 0 Å². The highest BCUT2D eigenvalue weighted by Crippen LogP contribution is 2.67. The number of hydrogen-bond donors (Lipinski definition) is 0. The van der Waals surface area contributed by atoms with E-state index in [0.717, 1.165) is 41.4 Å². The molecule has 0 radical (unpaired) electrons. The third-order valence-electron chi connectivity index (χ3n) is 11.0. The van der Waals surface area contributed by atoms with Crippen LogP contribution in [-0.2, 0) is 0 Å². The fraction of sp³-hybridized carbons (Fsp3) is 0.871. The van der Waals surface area contributed by atoms with Gasteiger partial charge < -0.3 is 0 Å². The van der Waals surface area contributed by atoms with Gasteiger partial charge in [-0.25, -0.2) is 0 Å². The molecule has 0 nitrogen and oxygen atoms in total. The lowest BCUT2D eigenvalue weighted by atomic mass is 9.46. The first-order valence-electron chi connectivity index (χ1n) is 14.0. The Bertz CT molecular complexity index is 682. The Balaban J connectivity index is 1.47. The van der Waals surface area contributed by atoms with Gasteiger partial charge in [0.05, 0.1) is 0 Å². The lowest BCUT2D eigenvalue weighted by Gasteiger charge is -2.58. The maximum atomic E-state index is 4.21. The topological polar surface area (TPSA) is 0 Å². The van der Waals surface area contributed by atoms with E-state index < -0.39 is 0 Å². The van der Waals surface area contributed by atoms with Crippen molar-refractivity contribution in [3.63, 3.8) is 0 Å². The predicted octanol–water partition coefficient (Wildman–Crippen LogP) is 9.61. The molecule has 31 heavy (non-hydrogen) atoms. The second-order valence-corrected chi connectivity index (χ2v) is 13.6. The van der Waals surface area contributed by atoms with Crippen LogP contribution in [0.4, 0.5) is 0 Å². The molecule has 0 aromatic heterocycles. The van der Waals surface area contributed by atoms with Crippen molar-refractivity contribution in [1.29, 1.82) is 0 Å². The normalized spacial score (nSPS) is 43.1. The van der Waals surface area contributed by atoms with E-state index in [1.807, 2.05) is 5.57 Å². The van der Waals surface area contributed by atoms with Gasteiger partial charge in [0, 0.05) is 0 Å². The number of allylic oxidation sites excluding steroid dienone is 3.